The minimum atomic E-state index is 0.778. The van der Waals surface area contributed by atoms with Crippen molar-refractivity contribution in [1.29, 1.82) is 0 Å². The molecule has 1 fully saturated rings. The Balaban J connectivity index is 2.37. The summed E-state index contributed by atoms with van der Waals surface area (Å²) in [6.45, 7) is 6.93. The summed E-state index contributed by atoms with van der Waals surface area (Å²) in [6.07, 6.45) is 3.54. The molecule has 1 saturated heterocycles. The summed E-state index contributed by atoms with van der Waals surface area (Å²) in [7, 11) is 0. The average Bonchev–Trinajstić information content (AvgIpc) is 1.93. The molecule has 1 heteroatoms. The third kappa shape index (κ3) is 2.08. The summed E-state index contributed by atoms with van der Waals surface area (Å²) in [5.41, 5.74) is 0. The molecule has 0 aromatic heterocycles. The maximum atomic E-state index is 5.28. The molecule has 1 nitrogen and oxygen atoms in total. The lowest BCUT2D eigenvalue weighted by Gasteiger charge is -2.04. The van der Waals surface area contributed by atoms with Crippen LogP contribution in [0.4, 0.5) is 0 Å². The van der Waals surface area contributed by atoms with Crippen molar-refractivity contribution in [3.8, 4) is 0 Å². The second kappa shape index (κ2) is 2.90. The molecule has 1 aliphatic heterocycles. The lowest BCUT2D eigenvalue weighted by molar-refractivity contribution is 0.214. The van der Waals surface area contributed by atoms with E-state index in [9.17, 15) is 0 Å². The van der Waals surface area contributed by atoms with Crippen LogP contribution in [0, 0.1) is 5.92 Å². The molecule has 0 aliphatic carbocycles. The van der Waals surface area contributed by atoms with E-state index in [4.69, 9.17) is 4.74 Å². The van der Waals surface area contributed by atoms with Crippen molar-refractivity contribution >= 4 is 0 Å². The molecule has 0 aromatic rings. The fourth-order valence-electron chi connectivity index (χ4n) is 1.20. The predicted octanol–water partition coefficient (Wildman–Crippen LogP) is 2.34. The second-order valence-corrected chi connectivity index (χ2v) is 2.84. The molecule has 52 valence electrons. The van der Waals surface area contributed by atoms with Crippen LogP contribution in [-0.4, -0.2) is 6.61 Å². The Morgan fingerprint density at radius 2 is 2.44 bits per heavy atom. The summed E-state index contributed by atoms with van der Waals surface area (Å²) in [4.78, 5) is 0. The molecule has 1 heterocycles. The molecule has 9 heavy (non-hydrogen) atoms. The topological polar surface area (TPSA) is 9.23 Å². The van der Waals surface area contributed by atoms with E-state index < -0.39 is 0 Å². The number of hydrogen-bond acceptors (Lipinski definition) is 1. The van der Waals surface area contributed by atoms with E-state index in [0.29, 0.717) is 0 Å². The van der Waals surface area contributed by atoms with Crippen LogP contribution in [0.15, 0.2) is 12.3 Å². The first-order chi connectivity index (χ1) is 4.29. The van der Waals surface area contributed by atoms with Gasteiger partial charge in [-0.2, -0.15) is 0 Å². The van der Waals surface area contributed by atoms with Crippen LogP contribution >= 0.6 is 0 Å². The van der Waals surface area contributed by atoms with Gasteiger partial charge in [0, 0.05) is 6.42 Å². The van der Waals surface area contributed by atoms with E-state index >= 15 is 0 Å². The summed E-state index contributed by atoms with van der Waals surface area (Å²) < 4.78 is 5.28. The van der Waals surface area contributed by atoms with Crippen molar-refractivity contribution in [1.82, 2.24) is 0 Å². The van der Waals surface area contributed by atoms with Gasteiger partial charge in [0.1, 0.15) is 0 Å². The van der Waals surface area contributed by atoms with Crippen LogP contribution in [0.25, 0.3) is 0 Å². The second-order valence-electron chi connectivity index (χ2n) is 2.84. The van der Waals surface area contributed by atoms with Crippen LogP contribution in [-0.2, 0) is 4.74 Å². The molecule has 0 radical (unpaired) electrons. The van der Waals surface area contributed by atoms with E-state index in [2.05, 4.69) is 13.5 Å². The number of rotatable bonds is 0. The molecule has 1 aliphatic rings. The van der Waals surface area contributed by atoms with E-state index in [1.54, 1.807) is 0 Å². The zero-order chi connectivity index (χ0) is 6.69. The number of ether oxygens (including phenoxy) is 1. The molecule has 1 unspecified atom stereocenters. The highest BCUT2D eigenvalue weighted by Gasteiger charge is 2.09. The summed E-state index contributed by atoms with van der Waals surface area (Å²) in [5.74, 6) is 1.75. The normalized spacial score (nSPS) is 29.0. The lowest BCUT2D eigenvalue weighted by Crippen LogP contribution is -1.91. The van der Waals surface area contributed by atoms with Gasteiger partial charge in [0.2, 0.25) is 0 Å². The Morgan fingerprint density at radius 3 is 3.22 bits per heavy atom. The van der Waals surface area contributed by atoms with Crippen molar-refractivity contribution in [2.45, 2.75) is 26.2 Å². The smallest absolute Gasteiger partial charge is 0.0890 e. The molecule has 0 saturated carbocycles. The van der Waals surface area contributed by atoms with Gasteiger partial charge in [0.25, 0.3) is 0 Å². The average molecular weight is 126 g/mol. The maximum Gasteiger partial charge on any atom is 0.0890 e. The van der Waals surface area contributed by atoms with Crippen LogP contribution in [0.3, 0.4) is 0 Å². The standard InChI is InChI=1S/C8H14O/c1-7-4-3-5-9-8(2)6-7/h7H,2-6H2,1H3. The van der Waals surface area contributed by atoms with Crippen molar-refractivity contribution < 1.29 is 4.74 Å². The van der Waals surface area contributed by atoms with Crippen LogP contribution in [0.1, 0.15) is 26.2 Å². The monoisotopic (exact) mass is 126 g/mol. The summed E-state index contributed by atoms with van der Waals surface area (Å²) in [5, 5.41) is 0. The molecule has 1 atom stereocenters. The largest absolute Gasteiger partial charge is 0.499 e. The first-order valence-corrected chi connectivity index (χ1v) is 3.59. The Labute approximate surface area is 56.7 Å². The fourth-order valence-corrected chi connectivity index (χ4v) is 1.20. The Hall–Kier alpha value is -0.460. The number of hydrogen-bond donors (Lipinski definition) is 0. The van der Waals surface area contributed by atoms with Gasteiger partial charge in [-0.05, 0) is 18.8 Å². The van der Waals surface area contributed by atoms with E-state index in [1.165, 1.54) is 12.8 Å². The Kier molecular flexibility index (Phi) is 2.15. The van der Waals surface area contributed by atoms with Gasteiger partial charge in [-0.15, -0.1) is 0 Å². The molecule has 0 amide bonds. The van der Waals surface area contributed by atoms with Gasteiger partial charge in [-0.1, -0.05) is 13.5 Å². The van der Waals surface area contributed by atoms with Gasteiger partial charge in [-0.25, -0.2) is 0 Å². The Morgan fingerprint density at radius 1 is 1.67 bits per heavy atom. The molecule has 0 N–H and O–H groups in total. The van der Waals surface area contributed by atoms with Crippen LogP contribution < -0.4 is 0 Å². The van der Waals surface area contributed by atoms with Crippen LogP contribution in [0.2, 0.25) is 0 Å². The zero-order valence-corrected chi connectivity index (χ0v) is 6.02. The van der Waals surface area contributed by atoms with E-state index in [0.717, 1.165) is 24.7 Å². The molecule has 0 spiro atoms. The minimum absolute atomic E-state index is 0.778. The summed E-state index contributed by atoms with van der Waals surface area (Å²) in [6, 6.07) is 0. The molecular formula is C8H14O. The van der Waals surface area contributed by atoms with Crippen molar-refractivity contribution in [3.05, 3.63) is 12.3 Å². The van der Waals surface area contributed by atoms with Gasteiger partial charge in [0.05, 0.1) is 12.4 Å². The van der Waals surface area contributed by atoms with E-state index in [1.807, 2.05) is 0 Å². The van der Waals surface area contributed by atoms with Crippen molar-refractivity contribution in [2.75, 3.05) is 6.61 Å². The van der Waals surface area contributed by atoms with Crippen molar-refractivity contribution in [2.24, 2.45) is 5.92 Å². The van der Waals surface area contributed by atoms with Crippen molar-refractivity contribution in [3.63, 3.8) is 0 Å². The molecular weight excluding hydrogens is 112 g/mol. The van der Waals surface area contributed by atoms with Gasteiger partial charge >= 0.3 is 0 Å². The predicted molar refractivity (Wildman–Crippen MR) is 38.1 cm³/mol. The highest BCUT2D eigenvalue weighted by atomic mass is 16.5. The highest BCUT2D eigenvalue weighted by Crippen LogP contribution is 2.20. The Bertz CT molecular complexity index is 107. The van der Waals surface area contributed by atoms with Gasteiger partial charge in [-0.3, -0.25) is 0 Å². The highest BCUT2D eigenvalue weighted by molar-refractivity contribution is 4.86. The maximum absolute atomic E-state index is 5.28. The van der Waals surface area contributed by atoms with E-state index in [-0.39, 0.29) is 0 Å². The molecule has 1 rings (SSSR count). The third-order valence-electron chi connectivity index (χ3n) is 1.72. The number of allylic oxidation sites excluding steroid dienone is 1. The SMILES string of the molecule is C=C1CC(C)CCCO1. The lowest BCUT2D eigenvalue weighted by atomic mass is 10.0. The van der Waals surface area contributed by atoms with Gasteiger partial charge in [0.15, 0.2) is 0 Å². The first-order valence-electron chi connectivity index (χ1n) is 3.59. The van der Waals surface area contributed by atoms with Gasteiger partial charge < -0.3 is 4.74 Å². The minimum Gasteiger partial charge on any atom is -0.499 e. The quantitative estimate of drug-likeness (QED) is 0.484. The zero-order valence-electron chi connectivity index (χ0n) is 6.02. The third-order valence-corrected chi connectivity index (χ3v) is 1.72. The summed E-state index contributed by atoms with van der Waals surface area (Å²) >= 11 is 0. The fraction of sp³-hybridized carbons (Fsp3) is 0.750. The first kappa shape index (κ1) is 6.66. The molecule has 0 aromatic carbocycles. The van der Waals surface area contributed by atoms with Crippen LogP contribution in [0.5, 0.6) is 0 Å². The molecule has 0 bridgehead atoms.